The monoisotopic (exact) mass is 574 g/mol. The molecular weight excluding hydrogens is 528 g/mol. The minimum absolute atomic E-state index is 0.00783. The number of fused-ring (bicyclic) bond motifs is 5. The minimum Gasteiger partial charge on any atom is -0.505 e. The topological polar surface area (TPSA) is 147 Å². The number of hydrogen-bond acceptors (Lipinski definition) is 9. The zero-order valence-corrected chi connectivity index (χ0v) is 25.8. The van der Waals surface area contributed by atoms with Crippen molar-refractivity contribution < 1.29 is 44.0 Å². The van der Waals surface area contributed by atoms with Crippen LogP contribution in [0.1, 0.15) is 88.0 Å². The van der Waals surface area contributed by atoms with E-state index < -0.39 is 62.7 Å². The second-order valence-corrected chi connectivity index (χ2v) is 14.8. The standard InChI is InChI=1S/C32H46O9/c1-17(33)41-27(2,3)12-13-40-26(38)32(9,39)24-21(35)15-29(6)22-11-10-18-19(14-20(34)25(37)28(18,4)5)31(22,8)23(36)16-30(24,29)7/h10,14,19,21-22,24,34-35,39H,11-13,15-16H2,1-9H3/t19-,21-,22+,24+,29+,30-,31+,32-/m1/s1. The molecule has 9 heteroatoms. The van der Waals surface area contributed by atoms with Gasteiger partial charge in [0.2, 0.25) is 5.78 Å². The molecule has 3 N–H and O–H groups in total. The van der Waals surface area contributed by atoms with Gasteiger partial charge >= 0.3 is 11.9 Å². The summed E-state index contributed by atoms with van der Waals surface area (Å²) in [5.41, 5.74) is -5.67. The van der Waals surface area contributed by atoms with Crippen LogP contribution in [0.2, 0.25) is 0 Å². The molecule has 2 fully saturated rings. The molecule has 4 aliphatic rings. The number of aliphatic hydroxyl groups excluding tert-OH is 2. The van der Waals surface area contributed by atoms with Crippen LogP contribution >= 0.6 is 0 Å². The van der Waals surface area contributed by atoms with Crippen molar-refractivity contribution in [3.63, 3.8) is 0 Å². The smallest absolute Gasteiger partial charge is 0.338 e. The van der Waals surface area contributed by atoms with Gasteiger partial charge in [0.25, 0.3) is 0 Å². The zero-order chi connectivity index (χ0) is 31.1. The lowest BCUT2D eigenvalue weighted by Crippen LogP contribution is -2.64. The summed E-state index contributed by atoms with van der Waals surface area (Å²) < 4.78 is 10.7. The van der Waals surface area contributed by atoms with Crippen molar-refractivity contribution in [1.29, 1.82) is 0 Å². The van der Waals surface area contributed by atoms with E-state index in [9.17, 15) is 34.5 Å². The van der Waals surface area contributed by atoms with Gasteiger partial charge in [-0.05, 0) is 70.3 Å². The fourth-order valence-corrected chi connectivity index (χ4v) is 9.08. The average molecular weight is 575 g/mol. The van der Waals surface area contributed by atoms with E-state index in [0.29, 0.717) is 6.42 Å². The molecule has 41 heavy (non-hydrogen) atoms. The predicted molar refractivity (Wildman–Crippen MR) is 149 cm³/mol. The summed E-state index contributed by atoms with van der Waals surface area (Å²) in [5.74, 6) is -3.90. The second-order valence-electron chi connectivity index (χ2n) is 14.8. The number of carbonyl (C=O) groups is 4. The molecule has 8 atom stereocenters. The highest BCUT2D eigenvalue weighted by atomic mass is 16.6. The number of Topliss-reactive ketones (excluding diaryl/α,β-unsaturated/α-hetero) is 2. The van der Waals surface area contributed by atoms with Crippen molar-refractivity contribution in [3.8, 4) is 0 Å². The summed E-state index contributed by atoms with van der Waals surface area (Å²) in [6.45, 7) is 15.3. The summed E-state index contributed by atoms with van der Waals surface area (Å²) in [6, 6.07) is 0. The molecule has 0 bridgehead atoms. The average Bonchev–Trinajstić information content (AvgIpc) is 3.02. The summed E-state index contributed by atoms with van der Waals surface area (Å²) in [4.78, 5) is 51.8. The van der Waals surface area contributed by atoms with Gasteiger partial charge in [0, 0.05) is 37.0 Å². The van der Waals surface area contributed by atoms with Crippen molar-refractivity contribution in [2.75, 3.05) is 6.61 Å². The van der Waals surface area contributed by atoms with Crippen molar-refractivity contribution in [2.24, 2.45) is 39.4 Å². The van der Waals surface area contributed by atoms with Crippen molar-refractivity contribution in [3.05, 3.63) is 23.5 Å². The Morgan fingerprint density at radius 3 is 2.27 bits per heavy atom. The number of aliphatic hydroxyl groups is 3. The fraction of sp³-hybridized carbons (Fsp3) is 0.750. The molecular formula is C32H46O9. The van der Waals surface area contributed by atoms with Crippen LogP contribution in [0, 0.1) is 39.4 Å². The van der Waals surface area contributed by atoms with E-state index in [2.05, 4.69) is 0 Å². The van der Waals surface area contributed by atoms with Gasteiger partial charge in [0.15, 0.2) is 11.4 Å². The van der Waals surface area contributed by atoms with Crippen LogP contribution in [0.4, 0.5) is 0 Å². The van der Waals surface area contributed by atoms with Crippen LogP contribution in [0.15, 0.2) is 23.5 Å². The maximum atomic E-state index is 14.3. The third kappa shape index (κ3) is 4.41. The molecule has 4 rings (SSSR count). The van der Waals surface area contributed by atoms with Crippen LogP contribution in [0.25, 0.3) is 0 Å². The van der Waals surface area contributed by atoms with Gasteiger partial charge in [-0.15, -0.1) is 0 Å². The quantitative estimate of drug-likeness (QED) is 0.316. The lowest BCUT2D eigenvalue weighted by Gasteiger charge is -2.63. The van der Waals surface area contributed by atoms with Gasteiger partial charge in [-0.25, -0.2) is 4.79 Å². The first-order valence-electron chi connectivity index (χ1n) is 14.5. The van der Waals surface area contributed by atoms with E-state index in [1.807, 2.05) is 26.8 Å². The van der Waals surface area contributed by atoms with Crippen molar-refractivity contribution >= 4 is 23.5 Å². The van der Waals surface area contributed by atoms with E-state index in [1.165, 1.54) is 19.9 Å². The van der Waals surface area contributed by atoms with Crippen LogP contribution in [0.5, 0.6) is 0 Å². The molecule has 4 aliphatic carbocycles. The van der Waals surface area contributed by atoms with E-state index in [0.717, 1.165) is 5.57 Å². The summed E-state index contributed by atoms with van der Waals surface area (Å²) >= 11 is 0. The molecule has 0 aromatic carbocycles. The molecule has 2 saturated carbocycles. The second kappa shape index (κ2) is 9.49. The largest absolute Gasteiger partial charge is 0.505 e. The summed E-state index contributed by atoms with van der Waals surface area (Å²) in [7, 11) is 0. The van der Waals surface area contributed by atoms with Gasteiger partial charge < -0.3 is 24.8 Å². The summed E-state index contributed by atoms with van der Waals surface area (Å²) in [6.07, 6.45) is 3.42. The Balaban J connectivity index is 1.67. The SMILES string of the molecule is CC(=O)OC(C)(C)CCOC(=O)[C@](C)(O)[C@H]1[C@H](O)C[C@@]2(C)[C@@H]3CC=C4[C@@H](C=C(O)C(=O)C4(C)C)[C@]3(C)C(=O)C[C@]12C. The highest BCUT2D eigenvalue weighted by molar-refractivity contribution is 6.02. The number of ketones is 2. The molecule has 0 aromatic rings. The Bertz CT molecular complexity index is 1240. The third-order valence-electron chi connectivity index (χ3n) is 11.4. The van der Waals surface area contributed by atoms with Gasteiger partial charge in [-0.3, -0.25) is 14.4 Å². The predicted octanol–water partition coefficient (Wildman–Crippen LogP) is 4.00. The molecule has 9 nitrogen and oxygen atoms in total. The highest BCUT2D eigenvalue weighted by Crippen LogP contribution is 2.73. The molecule has 0 amide bonds. The van der Waals surface area contributed by atoms with Crippen molar-refractivity contribution in [1.82, 2.24) is 0 Å². The summed E-state index contributed by atoms with van der Waals surface area (Å²) in [5, 5.41) is 33.8. The van der Waals surface area contributed by atoms with Gasteiger partial charge in [0.1, 0.15) is 11.4 Å². The molecule has 0 aromatic heterocycles. The minimum atomic E-state index is -2.10. The molecule has 0 saturated heterocycles. The highest BCUT2D eigenvalue weighted by Gasteiger charge is 2.74. The molecule has 228 valence electrons. The first-order valence-corrected chi connectivity index (χ1v) is 14.5. The number of carbonyl (C=O) groups excluding carboxylic acids is 4. The number of rotatable bonds is 6. The normalized spacial score (nSPS) is 39.4. The van der Waals surface area contributed by atoms with E-state index >= 15 is 0 Å². The lowest BCUT2D eigenvalue weighted by atomic mass is 9.39. The number of ether oxygens (including phenoxy) is 2. The molecule has 0 unspecified atom stereocenters. The van der Waals surface area contributed by atoms with Crippen molar-refractivity contribution in [2.45, 2.75) is 105 Å². The lowest BCUT2D eigenvalue weighted by molar-refractivity contribution is -0.194. The first-order chi connectivity index (χ1) is 18.6. The van der Waals surface area contributed by atoms with E-state index in [1.54, 1.807) is 27.7 Å². The number of allylic oxidation sites excluding steroid dienone is 4. The van der Waals surface area contributed by atoms with E-state index in [4.69, 9.17) is 9.47 Å². The first kappa shape index (κ1) is 31.4. The zero-order valence-electron chi connectivity index (χ0n) is 25.8. The molecule has 0 radical (unpaired) electrons. The van der Waals surface area contributed by atoms with Crippen LogP contribution < -0.4 is 0 Å². The number of esters is 2. The van der Waals surface area contributed by atoms with E-state index in [-0.39, 0.29) is 49.1 Å². The Morgan fingerprint density at radius 1 is 1.07 bits per heavy atom. The Hall–Kier alpha value is -2.52. The van der Waals surface area contributed by atoms with Crippen LogP contribution in [-0.2, 0) is 28.7 Å². The maximum absolute atomic E-state index is 14.3. The Kier molecular flexibility index (Phi) is 7.28. The van der Waals surface area contributed by atoms with Gasteiger partial charge in [-0.1, -0.05) is 32.4 Å². The Morgan fingerprint density at radius 2 is 1.68 bits per heavy atom. The molecule has 0 aliphatic heterocycles. The fourth-order valence-electron chi connectivity index (χ4n) is 9.08. The Labute approximate surface area is 242 Å². The van der Waals surface area contributed by atoms with Gasteiger partial charge in [-0.2, -0.15) is 0 Å². The molecule has 0 heterocycles. The molecule has 0 spiro atoms. The van der Waals surface area contributed by atoms with Gasteiger partial charge in [0.05, 0.1) is 18.1 Å². The number of hydrogen-bond donors (Lipinski definition) is 3. The maximum Gasteiger partial charge on any atom is 0.338 e. The van der Waals surface area contributed by atoms with Crippen LogP contribution in [0.3, 0.4) is 0 Å². The van der Waals surface area contributed by atoms with Crippen LogP contribution in [-0.4, -0.2) is 62.7 Å². The third-order valence-corrected chi connectivity index (χ3v) is 11.4.